The second-order valence-electron chi connectivity index (χ2n) is 2.67. The van der Waals surface area contributed by atoms with E-state index in [1.54, 1.807) is 6.92 Å². The Labute approximate surface area is 83.9 Å². The first-order valence-electron chi connectivity index (χ1n) is 4.66. The molecule has 0 fully saturated rings. The summed E-state index contributed by atoms with van der Waals surface area (Å²) in [4.78, 5) is 21.7. The van der Waals surface area contributed by atoms with Crippen molar-refractivity contribution < 1.29 is 19.1 Å². The van der Waals surface area contributed by atoms with Crippen LogP contribution in [-0.2, 0) is 19.1 Å². The van der Waals surface area contributed by atoms with E-state index in [9.17, 15) is 9.59 Å². The molecule has 0 aliphatic rings. The van der Waals surface area contributed by atoms with Crippen molar-refractivity contribution in [3.63, 3.8) is 0 Å². The maximum absolute atomic E-state index is 10.9. The van der Waals surface area contributed by atoms with Gasteiger partial charge >= 0.3 is 11.9 Å². The van der Waals surface area contributed by atoms with E-state index in [2.05, 4.69) is 11.3 Å². The van der Waals surface area contributed by atoms with Gasteiger partial charge in [0.25, 0.3) is 0 Å². The molecule has 4 nitrogen and oxygen atoms in total. The van der Waals surface area contributed by atoms with Crippen molar-refractivity contribution in [2.75, 3.05) is 6.61 Å². The highest BCUT2D eigenvalue weighted by Gasteiger charge is 2.03. The van der Waals surface area contributed by atoms with Crippen LogP contribution in [0, 0.1) is 0 Å². The van der Waals surface area contributed by atoms with Crippen molar-refractivity contribution in [1.82, 2.24) is 0 Å². The van der Waals surface area contributed by atoms with Crippen LogP contribution in [0.4, 0.5) is 0 Å². The van der Waals surface area contributed by atoms with Gasteiger partial charge in [-0.3, -0.25) is 9.59 Å². The molecule has 0 unspecified atom stereocenters. The van der Waals surface area contributed by atoms with Crippen molar-refractivity contribution in [3.8, 4) is 0 Å². The number of esters is 2. The summed E-state index contributed by atoms with van der Waals surface area (Å²) in [5.41, 5.74) is 0. The summed E-state index contributed by atoms with van der Waals surface area (Å²) in [6, 6.07) is 0. The molecule has 0 spiro atoms. The maximum Gasteiger partial charge on any atom is 0.310 e. The Hall–Kier alpha value is -1.32. The second kappa shape index (κ2) is 8.29. The van der Waals surface area contributed by atoms with Crippen LogP contribution in [0.25, 0.3) is 0 Å². The Morgan fingerprint density at radius 1 is 1.21 bits per heavy atom. The first kappa shape index (κ1) is 12.7. The van der Waals surface area contributed by atoms with Crippen LogP contribution < -0.4 is 0 Å². The van der Waals surface area contributed by atoms with E-state index in [0.717, 1.165) is 6.26 Å². The minimum Gasteiger partial charge on any atom is -0.466 e. The van der Waals surface area contributed by atoms with Gasteiger partial charge < -0.3 is 9.47 Å². The fourth-order valence-corrected chi connectivity index (χ4v) is 0.924. The van der Waals surface area contributed by atoms with Crippen LogP contribution in [-0.4, -0.2) is 18.5 Å². The number of carbonyl (C=O) groups excluding carboxylic acids is 2. The van der Waals surface area contributed by atoms with Crippen LogP contribution in [0.3, 0.4) is 0 Å². The predicted octanol–water partition coefficient (Wildman–Crippen LogP) is 1.80. The standard InChI is InChI=1S/C10H16O4/c1-3-13-9(11)7-5-6-8-10(12)14-4-2/h3H,1,4-8H2,2H3. The molecule has 0 saturated carbocycles. The third-order valence-electron chi connectivity index (χ3n) is 1.53. The highest BCUT2D eigenvalue weighted by molar-refractivity contribution is 5.70. The average Bonchev–Trinajstić information content (AvgIpc) is 2.13. The third-order valence-corrected chi connectivity index (χ3v) is 1.53. The van der Waals surface area contributed by atoms with Crippen molar-refractivity contribution in [2.24, 2.45) is 0 Å². The molecule has 0 heterocycles. The molecule has 0 atom stereocenters. The average molecular weight is 200 g/mol. The van der Waals surface area contributed by atoms with E-state index in [1.165, 1.54) is 0 Å². The van der Waals surface area contributed by atoms with E-state index in [0.29, 0.717) is 32.3 Å². The maximum atomic E-state index is 10.9. The summed E-state index contributed by atoms with van der Waals surface area (Å²) in [7, 11) is 0. The number of hydrogen-bond acceptors (Lipinski definition) is 4. The molecular formula is C10H16O4. The summed E-state index contributed by atoms with van der Waals surface area (Å²) in [5.74, 6) is -0.534. The molecule has 0 bridgehead atoms. The summed E-state index contributed by atoms with van der Waals surface area (Å²) >= 11 is 0. The van der Waals surface area contributed by atoms with Crippen LogP contribution in [0.5, 0.6) is 0 Å². The predicted molar refractivity (Wildman–Crippen MR) is 51.4 cm³/mol. The molecular weight excluding hydrogens is 184 g/mol. The van der Waals surface area contributed by atoms with Crippen molar-refractivity contribution in [3.05, 3.63) is 12.8 Å². The second-order valence-corrected chi connectivity index (χ2v) is 2.67. The first-order valence-corrected chi connectivity index (χ1v) is 4.66. The molecule has 80 valence electrons. The smallest absolute Gasteiger partial charge is 0.310 e. The van der Waals surface area contributed by atoms with Gasteiger partial charge in [-0.05, 0) is 19.8 Å². The van der Waals surface area contributed by atoms with Gasteiger partial charge in [0.15, 0.2) is 0 Å². The summed E-state index contributed by atoms with van der Waals surface area (Å²) in [5, 5.41) is 0. The molecule has 4 heteroatoms. The number of rotatable bonds is 7. The normalized spacial score (nSPS) is 9.21. The van der Waals surface area contributed by atoms with Gasteiger partial charge in [0.2, 0.25) is 0 Å². The molecule has 0 aliphatic carbocycles. The minimum absolute atomic E-state index is 0.218. The number of carbonyl (C=O) groups is 2. The highest BCUT2D eigenvalue weighted by Crippen LogP contribution is 2.02. The van der Waals surface area contributed by atoms with Gasteiger partial charge in [-0.1, -0.05) is 6.58 Å². The van der Waals surface area contributed by atoms with Crippen molar-refractivity contribution in [1.29, 1.82) is 0 Å². The lowest BCUT2D eigenvalue weighted by Crippen LogP contribution is -2.04. The zero-order chi connectivity index (χ0) is 10.8. The summed E-state index contributed by atoms with van der Waals surface area (Å²) in [6.45, 7) is 5.43. The first-order chi connectivity index (χ1) is 6.70. The van der Waals surface area contributed by atoms with Crippen LogP contribution in [0.1, 0.15) is 32.6 Å². The van der Waals surface area contributed by atoms with Gasteiger partial charge in [0.1, 0.15) is 0 Å². The molecule has 14 heavy (non-hydrogen) atoms. The Kier molecular flexibility index (Phi) is 7.50. The molecule has 0 aromatic carbocycles. The summed E-state index contributed by atoms with van der Waals surface area (Å²) in [6.07, 6.45) is 3.05. The molecule has 0 aromatic rings. The fourth-order valence-electron chi connectivity index (χ4n) is 0.924. The van der Waals surface area contributed by atoms with Gasteiger partial charge in [0.05, 0.1) is 12.9 Å². The lowest BCUT2D eigenvalue weighted by Gasteiger charge is -2.01. The van der Waals surface area contributed by atoms with Crippen LogP contribution >= 0.6 is 0 Å². The Balaban J connectivity index is 3.32. The Morgan fingerprint density at radius 2 is 1.79 bits per heavy atom. The van der Waals surface area contributed by atoms with Crippen LogP contribution in [0.2, 0.25) is 0 Å². The molecule has 0 aromatic heterocycles. The molecule has 0 rings (SSSR count). The molecule has 0 N–H and O–H groups in total. The largest absolute Gasteiger partial charge is 0.466 e. The lowest BCUT2D eigenvalue weighted by molar-refractivity contribution is -0.144. The van der Waals surface area contributed by atoms with E-state index in [1.807, 2.05) is 0 Å². The van der Waals surface area contributed by atoms with Crippen LogP contribution in [0.15, 0.2) is 12.8 Å². The number of hydrogen-bond donors (Lipinski definition) is 0. The zero-order valence-electron chi connectivity index (χ0n) is 8.45. The Bertz CT molecular complexity index is 198. The quantitative estimate of drug-likeness (QED) is 0.357. The van der Waals surface area contributed by atoms with Gasteiger partial charge in [-0.2, -0.15) is 0 Å². The highest BCUT2D eigenvalue weighted by atomic mass is 16.5. The van der Waals surface area contributed by atoms with E-state index in [4.69, 9.17) is 4.74 Å². The lowest BCUT2D eigenvalue weighted by atomic mass is 10.2. The molecule has 0 radical (unpaired) electrons. The van der Waals surface area contributed by atoms with Crippen molar-refractivity contribution >= 4 is 11.9 Å². The fraction of sp³-hybridized carbons (Fsp3) is 0.600. The van der Waals surface area contributed by atoms with E-state index >= 15 is 0 Å². The topological polar surface area (TPSA) is 52.6 Å². The monoisotopic (exact) mass is 200 g/mol. The van der Waals surface area contributed by atoms with Gasteiger partial charge in [-0.15, -0.1) is 0 Å². The molecule has 0 saturated heterocycles. The molecule has 0 amide bonds. The van der Waals surface area contributed by atoms with Gasteiger partial charge in [0, 0.05) is 12.8 Å². The summed E-state index contributed by atoms with van der Waals surface area (Å²) < 4.78 is 9.23. The SMILES string of the molecule is C=COC(=O)CCCCC(=O)OCC. The minimum atomic E-state index is -0.316. The Morgan fingerprint density at radius 3 is 2.29 bits per heavy atom. The number of ether oxygens (including phenoxy) is 2. The van der Waals surface area contributed by atoms with Crippen molar-refractivity contribution in [2.45, 2.75) is 32.6 Å². The zero-order valence-corrected chi connectivity index (χ0v) is 8.45. The van der Waals surface area contributed by atoms with E-state index in [-0.39, 0.29) is 11.9 Å². The van der Waals surface area contributed by atoms with E-state index < -0.39 is 0 Å². The van der Waals surface area contributed by atoms with Gasteiger partial charge in [-0.25, -0.2) is 0 Å². The third kappa shape index (κ3) is 7.34. The molecule has 0 aliphatic heterocycles. The number of unbranched alkanes of at least 4 members (excludes halogenated alkanes) is 1.